The van der Waals surface area contributed by atoms with Gasteiger partial charge in [0.2, 0.25) is 0 Å². The zero-order valence-corrected chi connectivity index (χ0v) is 16.2. The van der Waals surface area contributed by atoms with Gasteiger partial charge in [0.05, 0.1) is 11.2 Å². The van der Waals surface area contributed by atoms with Crippen molar-refractivity contribution >= 4 is 22.8 Å². The summed E-state index contributed by atoms with van der Waals surface area (Å²) in [7, 11) is 0. The Hall–Kier alpha value is -3.99. The molecule has 0 saturated carbocycles. The molecule has 3 aromatic carbocycles. The summed E-state index contributed by atoms with van der Waals surface area (Å²) in [6.07, 6.45) is 0.185. The number of rotatable bonds is 6. The second-order valence-corrected chi connectivity index (χ2v) is 7.02. The van der Waals surface area contributed by atoms with Crippen LogP contribution in [0.1, 0.15) is 15.9 Å². The molecule has 0 aliphatic rings. The molecule has 4 aromatic rings. The molecule has 4 rings (SSSR count). The summed E-state index contributed by atoms with van der Waals surface area (Å²) in [6.45, 7) is 0. The van der Waals surface area contributed by atoms with Gasteiger partial charge in [0.1, 0.15) is 6.04 Å². The van der Waals surface area contributed by atoms with E-state index in [1.807, 2.05) is 60.7 Å². The lowest BCUT2D eigenvalue weighted by atomic mass is 10.0. The van der Waals surface area contributed by atoms with E-state index in [0.29, 0.717) is 5.56 Å². The minimum atomic E-state index is -1.07. The molecule has 1 unspecified atom stereocenters. The van der Waals surface area contributed by atoms with Gasteiger partial charge in [-0.25, -0.2) is 9.78 Å². The first-order chi connectivity index (χ1) is 14.6. The lowest BCUT2D eigenvalue weighted by molar-refractivity contribution is -0.139. The molecule has 5 nitrogen and oxygen atoms in total. The third kappa shape index (κ3) is 4.36. The Balaban J connectivity index is 1.54. The van der Waals surface area contributed by atoms with Gasteiger partial charge in [-0.15, -0.1) is 0 Å². The number of hydrogen-bond donors (Lipinski definition) is 2. The van der Waals surface area contributed by atoms with Gasteiger partial charge in [0.25, 0.3) is 5.91 Å². The van der Waals surface area contributed by atoms with Gasteiger partial charge >= 0.3 is 5.97 Å². The number of pyridine rings is 1. The Labute approximate surface area is 174 Å². The van der Waals surface area contributed by atoms with Gasteiger partial charge in [-0.2, -0.15) is 0 Å². The van der Waals surface area contributed by atoms with Crippen molar-refractivity contribution in [3.8, 4) is 11.3 Å². The highest BCUT2D eigenvalue weighted by Gasteiger charge is 2.21. The van der Waals surface area contributed by atoms with Crippen molar-refractivity contribution in [1.82, 2.24) is 10.3 Å². The van der Waals surface area contributed by atoms with E-state index in [2.05, 4.69) is 5.32 Å². The van der Waals surface area contributed by atoms with Crippen LogP contribution in [0.5, 0.6) is 0 Å². The number of fused-ring (bicyclic) bond motifs is 1. The molecule has 0 saturated heterocycles. The second kappa shape index (κ2) is 8.57. The molecule has 30 heavy (non-hydrogen) atoms. The van der Waals surface area contributed by atoms with Gasteiger partial charge in [-0.05, 0) is 35.9 Å². The number of benzene rings is 3. The molecular formula is C25H20N2O3. The lowest BCUT2D eigenvalue weighted by Gasteiger charge is -2.15. The van der Waals surface area contributed by atoms with Crippen LogP contribution in [0.15, 0.2) is 91.0 Å². The average molecular weight is 396 g/mol. The first kappa shape index (κ1) is 19.3. The van der Waals surface area contributed by atoms with Crippen LogP contribution in [0, 0.1) is 0 Å². The van der Waals surface area contributed by atoms with E-state index in [0.717, 1.165) is 27.7 Å². The van der Waals surface area contributed by atoms with Crippen molar-refractivity contribution < 1.29 is 14.7 Å². The molecule has 2 N–H and O–H groups in total. The summed E-state index contributed by atoms with van der Waals surface area (Å²) in [4.78, 5) is 28.8. The van der Waals surface area contributed by atoms with Crippen LogP contribution >= 0.6 is 0 Å². The predicted molar refractivity (Wildman–Crippen MR) is 116 cm³/mol. The Bertz CT molecular complexity index is 1190. The smallest absolute Gasteiger partial charge is 0.326 e. The molecule has 0 bridgehead atoms. The van der Waals surface area contributed by atoms with Gasteiger partial charge in [-0.1, -0.05) is 60.7 Å². The molecule has 1 atom stereocenters. The molecule has 1 amide bonds. The van der Waals surface area contributed by atoms with Crippen molar-refractivity contribution in [3.05, 3.63) is 102 Å². The highest BCUT2D eigenvalue weighted by molar-refractivity contribution is 5.96. The largest absolute Gasteiger partial charge is 0.480 e. The molecule has 1 heterocycles. The number of aliphatic carboxylic acids is 1. The summed E-state index contributed by atoms with van der Waals surface area (Å²) in [6, 6.07) is 27.1. The Morgan fingerprint density at radius 1 is 0.867 bits per heavy atom. The highest BCUT2D eigenvalue weighted by Crippen LogP contribution is 2.22. The third-order valence-corrected chi connectivity index (χ3v) is 4.90. The highest BCUT2D eigenvalue weighted by atomic mass is 16.4. The molecule has 0 radical (unpaired) electrons. The number of nitrogens with one attached hydrogen (secondary N) is 1. The van der Waals surface area contributed by atoms with Gasteiger partial charge < -0.3 is 10.4 Å². The molecule has 5 heteroatoms. The van der Waals surface area contributed by atoms with Gasteiger partial charge in [-0.3, -0.25) is 4.79 Å². The standard InChI is InChI=1S/C25H20N2O3/c28-24(19-9-5-2-6-10-19)27-23(25(29)30)16-17-11-13-22-20(15-17)12-14-21(26-22)18-7-3-1-4-8-18/h1-15,23H,16H2,(H,27,28)(H,29,30). The number of carboxylic acid groups (broad SMARTS) is 1. The summed E-state index contributed by atoms with van der Waals surface area (Å²) in [5.41, 5.74) is 4.00. The summed E-state index contributed by atoms with van der Waals surface area (Å²) in [5, 5.41) is 13.1. The molecule has 0 aliphatic heterocycles. The van der Waals surface area contributed by atoms with Crippen LogP contribution in [0.2, 0.25) is 0 Å². The summed E-state index contributed by atoms with van der Waals surface area (Å²) < 4.78 is 0. The molecule has 1 aromatic heterocycles. The number of nitrogens with zero attached hydrogens (tertiary/aromatic N) is 1. The molecule has 148 valence electrons. The normalized spacial score (nSPS) is 11.7. The third-order valence-electron chi connectivity index (χ3n) is 4.90. The van der Waals surface area contributed by atoms with E-state index in [4.69, 9.17) is 4.98 Å². The molecular weight excluding hydrogens is 376 g/mol. The van der Waals surface area contributed by atoms with Crippen molar-refractivity contribution in [2.24, 2.45) is 0 Å². The van der Waals surface area contributed by atoms with Crippen molar-refractivity contribution in [2.75, 3.05) is 0 Å². The van der Waals surface area contributed by atoms with Gasteiger partial charge in [0, 0.05) is 22.9 Å². The first-order valence-electron chi connectivity index (χ1n) is 9.64. The first-order valence-corrected chi connectivity index (χ1v) is 9.64. The Morgan fingerprint density at radius 2 is 1.57 bits per heavy atom. The van der Waals surface area contributed by atoms with E-state index in [1.165, 1.54) is 0 Å². The zero-order chi connectivity index (χ0) is 20.9. The van der Waals surface area contributed by atoms with Crippen LogP contribution in [0.25, 0.3) is 22.2 Å². The topological polar surface area (TPSA) is 79.3 Å². The number of carboxylic acids is 1. The number of amides is 1. The van der Waals surface area contributed by atoms with Crippen LogP contribution in [0.4, 0.5) is 0 Å². The van der Waals surface area contributed by atoms with E-state index in [-0.39, 0.29) is 6.42 Å². The maximum atomic E-state index is 12.3. The second-order valence-electron chi connectivity index (χ2n) is 7.02. The van der Waals surface area contributed by atoms with E-state index in [9.17, 15) is 14.7 Å². The van der Waals surface area contributed by atoms with Crippen LogP contribution < -0.4 is 5.32 Å². The van der Waals surface area contributed by atoms with Crippen LogP contribution in [0.3, 0.4) is 0 Å². The minimum absolute atomic E-state index is 0.185. The fourth-order valence-electron chi connectivity index (χ4n) is 3.34. The predicted octanol–water partition coefficient (Wildman–Crippen LogP) is 4.33. The minimum Gasteiger partial charge on any atom is -0.480 e. The van der Waals surface area contributed by atoms with Crippen molar-refractivity contribution in [2.45, 2.75) is 12.5 Å². The Morgan fingerprint density at radius 3 is 2.27 bits per heavy atom. The quantitative estimate of drug-likeness (QED) is 0.508. The maximum Gasteiger partial charge on any atom is 0.326 e. The number of hydrogen-bond acceptors (Lipinski definition) is 3. The monoisotopic (exact) mass is 396 g/mol. The van der Waals surface area contributed by atoms with E-state index in [1.54, 1.807) is 30.3 Å². The van der Waals surface area contributed by atoms with Crippen LogP contribution in [-0.2, 0) is 11.2 Å². The number of carbonyl (C=O) groups excluding carboxylic acids is 1. The molecule has 0 spiro atoms. The molecule has 0 fully saturated rings. The number of carbonyl (C=O) groups is 2. The van der Waals surface area contributed by atoms with Crippen LogP contribution in [-0.4, -0.2) is 28.0 Å². The van der Waals surface area contributed by atoms with Crippen molar-refractivity contribution in [3.63, 3.8) is 0 Å². The summed E-state index contributed by atoms with van der Waals surface area (Å²) in [5.74, 6) is -1.48. The summed E-state index contributed by atoms with van der Waals surface area (Å²) >= 11 is 0. The Kier molecular flexibility index (Phi) is 5.52. The van der Waals surface area contributed by atoms with Crippen molar-refractivity contribution in [1.29, 1.82) is 0 Å². The fourth-order valence-corrected chi connectivity index (χ4v) is 3.34. The molecule has 0 aliphatic carbocycles. The number of aromatic nitrogens is 1. The fraction of sp³-hybridized carbons (Fsp3) is 0.0800. The maximum absolute atomic E-state index is 12.3. The van der Waals surface area contributed by atoms with E-state index >= 15 is 0 Å². The average Bonchev–Trinajstić information content (AvgIpc) is 2.79. The SMILES string of the molecule is O=C(NC(Cc1ccc2nc(-c3ccccc3)ccc2c1)C(=O)O)c1ccccc1. The lowest BCUT2D eigenvalue weighted by Crippen LogP contribution is -2.42. The van der Waals surface area contributed by atoms with E-state index < -0.39 is 17.9 Å². The zero-order valence-electron chi connectivity index (χ0n) is 16.2. The van der Waals surface area contributed by atoms with Gasteiger partial charge in [0.15, 0.2) is 0 Å².